The zero-order valence-electron chi connectivity index (χ0n) is 14.1. The van der Waals surface area contributed by atoms with E-state index < -0.39 is 0 Å². The first-order valence-corrected chi connectivity index (χ1v) is 9.48. The fourth-order valence-electron chi connectivity index (χ4n) is 4.35. The Hall–Kier alpha value is -1.94. The van der Waals surface area contributed by atoms with Crippen molar-refractivity contribution in [3.05, 3.63) is 64.6 Å². The van der Waals surface area contributed by atoms with Crippen molar-refractivity contribution in [1.29, 1.82) is 0 Å². The molecule has 1 aliphatic carbocycles. The molecular formula is C21H20BrNO2. The number of imide groups is 1. The van der Waals surface area contributed by atoms with Gasteiger partial charge in [0.25, 0.3) is 0 Å². The fourth-order valence-corrected chi connectivity index (χ4v) is 4.61. The summed E-state index contributed by atoms with van der Waals surface area (Å²) < 4.78 is 0.935. The van der Waals surface area contributed by atoms with Crippen LogP contribution in [0.15, 0.2) is 59.1 Å². The minimum Gasteiger partial charge on any atom is -0.274 e. The van der Waals surface area contributed by atoms with E-state index in [1.807, 2.05) is 42.5 Å². The van der Waals surface area contributed by atoms with Gasteiger partial charge in [-0.1, -0.05) is 53.2 Å². The fraction of sp³-hybridized carbons (Fsp3) is 0.333. The predicted molar refractivity (Wildman–Crippen MR) is 101 cm³/mol. The number of hydrogen-bond acceptors (Lipinski definition) is 2. The molecule has 4 heteroatoms. The van der Waals surface area contributed by atoms with E-state index in [4.69, 9.17) is 0 Å². The molecule has 1 heterocycles. The first-order chi connectivity index (χ1) is 12.0. The molecule has 2 aliphatic rings. The maximum atomic E-state index is 13.0. The van der Waals surface area contributed by atoms with E-state index in [9.17, 15) is 9.59 Å². The second-order valence-electron chi connectivity index (χ2n) is 7.37. The van der Waals surface area contributed by atoms with Crippen LogP contribution in [0.5, 0.6) is 0 Å². The second kappa shape index (κ2) is 6.10. The van der Waals surface area contributed by atoms with Gasteiger partial charge in [-0.2, -0.15) is 0 Å². The van der Waals surface area contributed by atoms with Gasteiger partial charge in [0.2, 0.25) is 11.8 Å². The van der Waals surface area contributed by atoms with E-state index in [0.717, 1.165) is 23.7 Å². The van der Waals surface area contributed by atoms with Gasteiger partial charge < -0.3 is 0 Å². The highest BCUT2D eigenvalue weighted by molar-refractivity contribution is 9.10. The quantitative estimate of drug-likeness (QED) is 0.688. The van der Waals surface area contributed by atoms with Gasteiger partial charge in [-0.15, -0.1) is 0 Å². The van der Waals surface area contributed by atoms with Crippen LogP contribution in [-0.2, 0) is 15.0 Å². The van der Waals surface area contributed by atoms with Crippen molar-refractivity contribution in [2.75, 3.05) is 4.90 Å². The number of carbonyl (C=O) groups excluding carboxylic acids is 2. The van der Waals surface area contributed by atoms with Crippen molar-refractivity contribution in [3.8, 4) is 0 Å². The summed E-state index contributed by atoms with van der Waals surface area (Å²) in [5.74, 6) is -0.463. The molecule has 0 bridgehead atoms. The lowest BCUT2D eigenvalue weighted by Crippen LogP contribution is -2.36. The summed E-state index contributed by atoms with van der Waals surface area (Å²) in [5.41, 5.74) is 1.89. The summed E-state index contributed by atoms with van der Waals surface area (Å²) in [7, 11) is 0. The number of fused-ring (bicyclic) bond motifs is 1. The Morgan fingerprint density at radius 2 is 1.60 bits per heavy atom. The highest BCUT2D eigenvalue weighted by Gasteiger charge is 2.53. The van der Waals surface area contributed by atoms with Crippen molar-refractivity contribution in [1.82, 2.24) is 0 Å². The average molecular weight is 398 g/mol. The van der Waals surface area contributed by atoms with Crippen LogP contribution in [0, 0.1) is 11.8 Å². The number of amides is 2. The summed E-state index contributed by atoms with van der Waals surface area (Å²) >= 11 is 3.40. The van der Waals surface area contributed by atoms with Crippen molar-refractivity contribution in [3.63, 3.8) is 0 Å². The maximum absolute atomic E-state index is 13.0. The Kier molecular flexibility index (Phi) is 4.03. The van der Waals surface area contributed by atoms with Crippen LogP contribution in [0.25, 0.3) is 0 Å². The Bertz CT molecular complexity index is 818. The van der Waals surface area contributed by atoms with Gasteiger partial charge in [0.05, 0.1) is 17.5 Å². The van der Waals surface area contributed by atoms with Crippen molar-refractivity contribution >= 4 is 33.4 Å². The maximum Gasteiger partial charge on any atom is 0.237 e. The van der Waals surface area contributed by atoms with E-state index in [1.165, 1.54) is 10.5 Å². The summed E-state index contributed by atoms with van der Waals surface area (Å²) in [6.45, 7) is 2.22. The topological polar surface area (TPSA) is 37.4 Å². The van der Waals surface area contributed by atoms with Crippen LogP contribution in [0.1, 0.15) is 31.7 Å². The van der Waals surface area contributed by atoms with Crippen LogP contribution in [0.2, 0.25) is 0 Å². The van der Waals surface area contributed by atoms with Crippen molar-refractivity contribution in [2.24, 2.45) is 11.8 Å². The molecule has 1 saturated heterocycles. The van der Waals surface area contributed by atoms with Crippen LogP contribution in [0.4, 0.5) is 5.69 Å². The van der Waals surface area contributed by atoms with Gasteiger partial charge in [-0.3, -0.25) is 14.5 Å². The highest BCUT2D eigenvalue weighted by atomic mass is 79.9. The predicted octanol–water partition coefficient (Wildman–Crippen LogP) is 4.70. The molecular weight excluding hydrogens is 378 g/mol. The summed E-state index contributed by atoms with van der Waals surface area (Å²) in [6, 6.07) is 17.8. The Morgan fingerprint density at radius 3 is 2.28 bits per heavy atom. The molecule has 0 radical (unpaired) electrons. The van der Waals surface area contributed by atoms with Gasteiger partial charge in [0.15, 0.2) is 0 Å². The molecule has 2 fully saturated rings. The van der Waals surface area contributed by atoms with E-state index >= 15 is 0 Å². The van der Waals surface area contributed by atoms with Crippen LogP contribution >= 0.6 is 15.9 Å². The normalized spacial score (nSPS) is 29.0. The molecule has 1 aliphatic heterocycles. The van der Waals surface area contributed by atoms with Gasteiger partial charge in [-0.25, -0.2) is 0 Å². The summed E-state index contributed by atoms with van der Waals surface area (Å²) in [5, 5.41) is 0. The van der Waals surface area contributed by atoms with E-state index in [2.05, 4.69) is 35.0 Å². The smallest absolute Gasteiger partial charge is 0.237 e. The lowest BCUT2D eigenvalue weighted by atomic mass is 9.64. The third kappa shape index (κ3) is 2.73. The first-order valence-electron chi connectivity index (χ1n) is 8.68. The van der Waals surface area contributed by atoms with Gasteiger partial charge in [0.1, 0.15) is 0 Å². The van der Waals surface area contributed by atoms with E-state index in [1.54, 1.807) is 0 Å². The monoisotopic (exact) mass is 397 g/mol. The van der Waals surface area contributed by atoms with Crippen molar-refractivity contribution in [2.45, 2.75) is 31.6 Å². The number of carbonyl (C=O) groups is 2. The largest absolute Gasteiger partial charge is 0.274 e. The first kappa shape index (κ1) is 16.5. The molecule has 3 nitrogen and oxygen atoms in total. The standard InChI is InChI=1S/C21H20BrNO2/c1-21(14-5-3-2-4-6-14)12-11-17-18(13-21)20(25)23(19(17)24)16-9-7-15(22)8-10-16/h2-10,17-18H,11-13H2,1H3/t17-,18+,21-/m0/s1. The Balaban J connectivity index is 1.64. The molecule has 128 valence electrons. The molecule has 0 spiro atoms. The van der Waals surface area contributed by atoms with Crippen molar-refractivity contribution < 1.29 is 9.59 Å². The zero-order chi connectivity index (χ0) is 17.6. The minimum absolute atomic E-state index is 0.0348. The molecule has 0 N–H and O–H groups in total. The molecule has 1 saturated carbocycles. The summed E-state index contributed by atoms with van der Waals surface area (Å²) in [4.78, 5) is 27.3. The van der Waals surface area contributed by atoms with Crippen LogP contribution in [0.3, 0.4) is 0 Å². The Labute approximate surface area is 156 Å². The number of anilines is 1. The number of nitrogens with zero attached hydrogens (tertiary/aromatic N) is 1. The number of halogens is 1. The minimum atomic E-state index is -0.213. The molecule has 4 rings (SSSR count). The average Bonchev–Trinajstić information content (AvgIpc) is 2.87. The number of benzene rings is 2. The van der Waals surface area contributed by atoms with E-state index in [-0.39, 0.29) is 29.1 Å². The van der Waals surface area contributed by atoms with Gasteiger partial charge in [0, 0.05) is 4.47 Å². The number of hydrogen-bond donors (Lipinski definition) is 0. The second-order valence-corrected chi connectivity index (χ2v) is 8.29. The SMILES string of the molecule is C[C@]1(c2ccccc2)CC[C@@H]2C(=O)N(c3ccc(Br)cc3)C(=O)[C@@H]2C1. The summed E-state index contributed by atoms with van der Waals surface area (Å²) in [6.07, 6.45) is 2.44. The molecule has 0 aromatic heterocycles. The molecule has 2 aromatic rings. The van der Waals surface area contributed by atoms with Crippen LogP contribution in [-0.4, -0.2) is 11.8 Å². The molecule has 2 aromatic carbocycles. The van der Waals surface area contributed by atoms with Gasteiger partial charge in [-0.05, 0) is 54.5 Å². The van der Waals surface area contributed by atoms with Gasteiger partial charge >= 0.3 is 0 Å². The number of rotatable bonds is 2. The molecule has 2 amide bonds. The van der Waals surface area contributed by atoms with E-state index in [0.29, 0.717) is 5.69 Å². The Morgan fingerprint density at radius 1 is 0.960 bits per heavy atom. The highest BCUT2D eigenvalue weighted by Crippen LogP contribution is 2.48. The lowest BCUT2D eigenvalue weighted by Gasteiger charge is -2.38. The zero-order valence-corrected chi connectivity index (χ0v) is 15.7. The third-order valence-corrected chi connectivity index (χ3v) is 6.32. The molecule has 25 heavy (non-hydrogen) atoms. The third-order valence-electron chi connectivity index (χ3n) is 5.79. The lowest BCUT2D eigenvalue weighted by molar-refractivity contribution is -0.122. The molecule has 0 unspecified atom stereocenters. The van der Waals surface area contributed by atoms with Crippen LogP contribution < -0.4 is 4.90 Å². The molecule has 3 atom stereocenters.